The van der Waals surface area contributed by atoms with E-state index in [2.05, 4.69) is 26.5 Å². The number of nitro groups is 1. The van der Waals surface area contributed by atoms with Crippen LogP contribution in [0.15, 0.2) is 39.9 Å². The fourth-order valence-corrected chi connectivity index (χ4v) is 2.66. The number of rotatable bonds is 6. The highest BCUT2D eigenvalue weighted by Gasteiger charge is 2.17. The summed E-state index contributed by atoms with van der Waals surface area (Å²) in [6, 6.07) is 7.57. The second kappa shape index (κ2) is 8.63. The van der Waals surface area contributed by atoms with E-state index in [0.717, 1.165) is 17.8 Å². The van der Waals surface area contributed by atoms with Crippen LogP contribution in [0.1, 0.15) is 11.1 Å². The second-order valence-electron chi connectivity index (χ2n) is 5.11. The molecule has 0 aliphatic rings. The topological polar surface area (TPSA) is 114 Å². The Labute approximate surface area is 161 Å². The maximum absolute atomic E-state index is 11.8. The van der Waals surface area contributed by atoms with Crippen LogP contribution in [0.3, 0.4) is 0 Å². The van der Waals surface area contributed by atoms with Crippen molar-refractivity contribution in [2.45, 2.75) is 6.92 Å². The minimum atomic E-state index is -0.724. The summed E-state index contributed by atoms with van der Waals surface area (Å²) in [7, 11) is 0. The molecule has 2 rings (SSSR count). The van der Waals surface area contributed by atoms with E-state index in [1.807, 2.05) is 0 Å². The Morgan fingerprint density at radius 2 is 2.19 bits per heavy atom. The molecule has 0 bridgehead atoms. The fraction of sp³-hybridized carbons (Fsp3) is 0.125. The predicted molar refractivity (Wildman–Crippen MR) is 99.9 cm³/mol. The average Bonchev–Trinajstić information content (AvgIpc) is 2.56. The van der Waals surface area contributed by atoms with Crippen molar-refractivity contribution in [3.05, 3.63) is 61.1 Å². The van der Waals surface area contributed by atoms with Crippen LogP contribution in [-0.2, 0) is 4.79 Å². The maximum Gasteiger partial charge on any atom is 0.312 e. The van der Waals surface area contributed by atoms with Crippen molar-refractivity contribution >= 4 is 45.3 Å². The fourth-order valence-electron chi connectivity index (χ4n) is 1.97. The number of nitrogens with one attached hydrogen (secondary N) is 1. The van der Waals surface area contributed by atoms with Gasteiger partial charge in [0.1, 0.15) is 5.75 Å². The summed E-state index contributed by atoms with van der Waals surface area (Å²) in [6.45, 7) is 1.50. The third-order valence-electron chi connectivity index (χ3n) is 3.17. The lowest BCUT2D eigenvalue weighted by Gasteiger charge is -2.08. The van der Waals surface area contributed by atoms with E-state index < -0.39 is 22.3 Å². The third kappa shape index (κ3) is 5.17. The Hall–Kier alpha value is -2.65. The van der Waals surface area contributed by atoms with Crippen LogP contribution < -0.4 is 10.2 Å². The zero-order chi connectivity index (χ0) is 19.3. The first-order chi connectivity index (χ1) is 12.3. The van der Waals surface area contributed by atoms with E-state index in [1.165, 1.54) is 6.07 Å². The highest BCUT2D eigenvalue weighted by molar-refractivity contribution is 9.10. The van der Waals surface area contributed by atoms with Gasteiger partial charge in [-0.05, 0) is 36.8 Å². The number of benzene rings is 2. The first-order valence-corrected chi connectivity index (χ1v) is 8.32. The van der Waals surface area contributed by atoms with Crippen LogP contribution >= 0.6 is 27.5 Å². The Kier molecular flexibility index (Phi) is 6.53. The summed E-state index contributed by atoms with van der Waals surface area (Å²) in [5.74, 6) is -0.586. The van der Waals surface area contributed by atoms with Crippen LogP contribution in [-0.4, -0.2) is 28.8 Å². The number of hydrazone groups is 1. The molecule has 8 nitrogen and oxygen atoms in total. The monoisotopic (exact) mass is 441 g/mol. The van der Waals surface area contributed by atoms with Gasteiger partial charge in [0.05, 0.1) is 11.1 Å². The predicted octanol–water partition coefficient (Wildman–Crippen LogP) is 3.55. The number of ether oxygens (including phenoxy) is 1. The van der Waals surface area contributed by atoms with Gasteiger partial charge in [0.25, 0.3) is 5.91 Å². The zero-order valence-electron chi connectivity index (χ0n) is 13.4. The molecule has 2 N–H and O–H groups in total. The van der Waals surface area contributed by atoms with E-state index in [4.69, 9.17) is 16.3 Å². The normalized spacial score (nSPS) is 10.7. The van der Waals surface area contributed by atoms with Gasteiger partial charge in [0.15, 0.2) is 6.61 Å². The highest BCUT2D eigenvalue weighted by atomic mass is 79.9. The number of phenols is 1. The van der Waals surface area contributed by atoms with Crippen molar-refractivity contribution in [1.29, 1.82) is 0 Å². The molecular weight excluding hydrogens is 430 g/mol. The van der Waals surface area contributed by atoms with Gasteiger partial charge in [-0.2, -0.15) is 5.10 Å². The van der Waals surface area contributed by atoms with Crippen molar-refractivity contribution in [3.63, 3.8) is 0 Å². The molecule has 0 radical (unpaired) electrons. The zero-order valence-corrected chi connectivity index (χ0v) is 15.7. The summed E-state index contributed by atoms with van der Waals surface area (Å²) in [4.78, 5) is 21.9. The van der Waals surface area contributed by atoms with Crippen LogP contribution in [0.2, 0.25) is 5.02 Å². The quantitative estimate of drug-likeness (QED) is 0.403. The first kappa shape index (κ1) is 19.7. The van der Waals surface area contributed by atoms with Gasteiger partial charge in [-0.15, -0.1) is 0 Å². The molecule has 0 spiro atoms. The maximum atomic E-state index is 11.8. The smallest absolute Gasteiger partial charge is 0.312 e. The molecule has 2 aromatic carbocycles. The van der Waals surface area contributed by atoms with Crippen LogP contribution in [0.25, 0.3) is 0 Å². The molecule has 0 fully saturated rings. The molecule has 0 heterocycles. The average molecular weight is 443 g/mol. The molecule has 0 saturated carbocycles. The lowest BCUT2D eigenvalue weighted by Crippen LogP contribution is -2.24. The number of hydrogen-bond donors (Lipinski definition) is 2. The van der Waals surface area contributed by atoms with Gasteiger partial charge in [0, 0.05) is 21.1 Å². The number of aryl methyl sites for hydroxylation is 1. The van der Waals surface area contributed by atoms with Crippen LogP contribution in [0.5, 0.6) is 11.5 Å². The number of carbonyl (C=O) groups excluding carboxylic acids is 1. The molecule has 0 saturated heterocycles. The minimum Gasteiger partial charge on any atom is -0.502 e. The Morgan fingerprint density at radius 1 is 1.46 bits per heavy atom. The number of phenolic OH excluding ortho intramolecular Hbond substituents is 1. The van der Waals surface area contributed by atoms with Gasteiger partial charge in [-0.3, -0.25) is 14.9 Å². The molecule has 10 heteroatoms. The Morgan fingerprint density at radius 3 is 2.85 bits per heavy atom. The van der Waals surface area contributed by atoms with Gasteiger partial charge in [0.2, 0.25) is 5.75 Å². The van der Waals surface area contributed by atoms with E-state index in [9.17, 15) is 20.0 Å². The van der Waals surface area contributed by atoms with Gasteiger partial charge < -0.3 is 9.84 Å². The summed E-state index contributed by atoms with van der Waals surface area (Å²) < 4.78 is 5.74. The molecule has 0 aromatic heterocycles. The van der Waals surface area contributed by atoms with Gasteiger partial charge >= 0.3 is 5.69 Å². The number of carbonyl (C=O) groups is 1. The number of amides is 1. The number of aromatic hydroxyl groups is 1. The summed E-state index contributed by atoms with van der Waals surface area (Å²) >= 11 is 8.95. The molecule has 0 aliphatic carbocycles. The second-order valence-corrected chi connectivity index (χ2v) is 6.46. The van der Waals surface area contributed by atoms with Gasteiger partial charge in [-0.25, -0.2) is 5.43 Å². The Balaban J connectivity index is 1.98. The number of hydrogen-bond acceptors (Lipinski definition) is 6. The van der Waals surface area contributed by atoms with E-state index >= 15 is 0 Å². The lowest BCUT2D eigenvalue weighted by molar-refractivity contribution is -0.385. The Bertz CT molecular complexity index is 888. The van der Waals surface area contributed by atoms with Crippen molar-refractivity contribution in [2.75, 3.05) is 6.61 Å². The minimum absolute atomic E-state index is 0.0702. The first-order valence-electron chi connectivity index (χ1n) is 7.15. The number of nitrogens with zero attached hydrogens (tertiary/aromatic N) is 2. The molecule has 136 valence electrons. The van der Waals surface area contributed by atoms with Crippen molar-refractivity contribution in [1.82, 2.24) is 5.43 Å². The SMILES string of the molecule is Cc1cc(Cl)ccc1OCC(=O)N/N=C/c1cc(Br)cc([N+](=O)[O-])c1O. The molecule has 0 aliphatic heterocycles. The van der Waals surface area contributed by atoms with E-state index in [-0.39, 0.29) is 12.2 Å². The molecule has 2 aromatic rings. The molecule has 0 atom stereocenters. The molecule has 26 heavy (non-hydrogen) atoms. The van der Waals surface area contributed by atoms with Crippen LogP contribution in [0.4, 0.5) is 5.69 Å². The molecule has 0 unspecified atom stereocenters. The lowest BCUT2D eigenvalue weighted by atomic mass is 10.2. The summed E-state index contributed by atoms with van der Waals surface area (Å²) in [5.41, 5.74) is 2.58. The van der Waals surface area contributed by atoms with Crippen molar-refractivity contribution < 1.29 is 19.6 Å². The number of halogens is 2. The summed E-state index contributed by atoms with van der Waals surface area (Å²) in [6.07, 6.45) is 1.10. The third-order valence-corrected chi connectivity index (χ3v) is 3.86. The van der Waals surface area contributed by atoms with Gasteiger partial charge in [-0.1, -0.05) is 27.5 Å². The van der Waals surface area contributed by atoms with Crippen LogP contribution in [0, 0.1) is 17.0 Å². The van der Waals surface area contributed by atoms with E-state index in [1.54, 1.807) is 25.1 Å². The highest BCUT2D eigenvalue weighted by Crippen LogP contribution is 2.32. The molecule has 1 amide bonds. The summed E-state index contributed by atoms with van der Waals surface area (Å²) in [5, 5.41) is 24.9. The molecular formula is C16H13BrClN3O5. The van der Waals surface area contributed by atoms with Crippen molar-refractivity contribution in [2.24, 2.45) is 5.10 Å². The standard InChI is InChI=1S/C16H13BrClN3O5/c1-9-4-12(18)2-3-14(9)26-8-15(22)20-19-7-10-5-11(17)6-13(16(10)23)21(24)25/h2-7,23H,8H2,1H3,(H,20,22)/b19-7+. The largest absolute Gasteiger partial charge is 0.502 e. The van der Waals surface area contributed by atoms with Crippen molar-refractivity contribution in [3.8, 4) is 11.5 Å². The number of nitro benzene ring substituents is 1. The van der Waals surface area contributed by atoms with E-state index in [0.29, 0.717) is 15.2 Å².